The summed E-state index contributed by atoms with van der Waals surface area (Å²) in [6.07, 6.45) is 6.44. The highest BCUT2D eigenvalue weighted by atomic mass is 32.1. The van der Waals surface area contributed by atoms with E-state index in [9.17, 15) is 4.79 Å². The minimum Gasteiger partial charge on any atom is -0.468 e. The molecular formula is C19H22N4O2S2. The number of ether oxygens (including phenoxy) is 1. The number of carbonyl (C=O) groups excluding carboxylic acids is 1. The van der Waals surface area contributed by atoms with Crippen LogP contribution >= 0.6 is 24.0 Å². The summed E-state index contributed by atoms with van der Waals surface area (Å²) in [5.41, 5.74) is 8.86. The van der Waals surface area contributed by atoms with Gasteiger partial charge in [-0.1, -0.05) is 0 Å². The van der Waals surface area contributed by atoms with Crippen molar-refractivity contribution in [1.82, 2.24) is 9.97 Å². The zero-order chi connectivity index (χ0) is 19.2. The zero-order valence-electron chi connectivity index (χ0n) is 15.1. The number of nitrogens with two attached hydrogens (primary N) is 1. The lowest BCUT2D eigenvalue weighted by molar-refractivity contribution is -0.128. The number of aromatic nitrogens is 2. The van der Waals surface area contributed by atoms with Gasteiger partial charge in [0.1, 0.15) is 17.0 Å². The summed E-state index contributed by atoms with van der Waals surface area (Å²) >= 11 is 6.18. The first-order chi connectivity index (χ1) is 13.1. The monoisotopic (exact) mass is 402 g/mol. The van der Waals surface area contributed by atoms with Gasteiger partial charge in [0, 0.05) is 21.1 Å². The third kappa shape index (κ3) is 4.51. The van der Waals surface area contributed by atoms with E-state index >= 15 is 0 Å². The Morgan fingerprint density at radius 2 is 2.15 bits per heavy atom. The summed E-state index contributed by atoms with van der Waals surface area (Å²) in [6, 6.07) is 5.72. The van der Waals surface area contributed by atoms with Crippen LogP contribution in [0.4, 0.5) is 17.2 Å². The second kappa shape index (κ2) is 9.05. The summed E-state index contributed by atoms with van der Waals surface area (Å²) in [5.74, 6) is 0.877. The second-order valence-corrected chi connectivity index (χ2v) is 7.63. The number of hydrogen-bond donors (Lipinski definition) is 3. The highest BCUT2D eigenvalue weighted by Crippen LogP contribution is 2.39. The van der Waals surface area contributed by atoms with Gasteiger partial charge < -0.3 is 15.8 Å². The zero-order valence-corrected chi connectivity index (χ0v) is 16.8. The molecule has 142 valence electrons. The van der Waals surface area contributed by atoms with Crippen molar-refractivity contribution in [3.05, 3.63) is 35.0 Å². The lowest BCUT2D eigenvalue weighted by Gasteiger charge is -2.13. The number of rotatable bonds is 4. The molecule has 0 fully saturated rings. The van der Waals surface area contributed by atoms with E-state index in [1.165, 1.54) is 35.1 Å². The van der Waals surface area contributed by atoms with Crippen molar-refractivity contribution in [1.29, 1.82) is 0 Å². The Labute approximate surface area is 167 Å². The largest absolute Gasteiger partial charge is 0.468 e. The number of nitrogens with one attached hydrogen (secondary N) is 1. The number of nitrogens with zero attached hydrogens (tertiary/aromatic N) is 2. The number of nitrogen functional groups attached to an aromatic ring is 1. The molecule has 0 spiro atoms. The van der Waals surface area contributed by atoms with Crippen LogP contribution in [0.2, 0.25) is 0 Å². The molecule has 0 saturated heterocycles. The van der Waals surface area contributed by atoms with E-state index in [2.05, 4.69) is 32.7 Å². The molecule has 4 rings (SSSR count). The summed E-state index contributed by atoms with van der Waals surface area (Å²) < 4.78 is 4.15. The third-order valence-electron chi connectivity index (χ3n) is 4.28. The lowest BCUT2D eigenvalue weighted by atomic mass is 9.97. The number of anilines is 3. The van der Waals surface area contributed by atoms with E-state index in [4.69, 9.17) is 5.73 Å². The topological polar surface area (TPSA) is 90.1 Å². The van der Waals surface area contributed by atoms with Crippen LogP contribution in [0.3, 0.4) is 0 Å². The molecule has 1 aromatic carbocycles. The van der Waals surface area contributed by atoms with Crippen molar-refractivity contribution in [3.63, 3.8) is 0 Å². The molecule has 2 aromatic heterocycles. The smallest absolute Gasteiger partial charge is 0.293 e. The molecule has 0 radical (unpaired) electrons. The van der Waals surface area contributed by atoms with Gasteiger partial charge in [-0.25, -0.2) is 9.97 Å². The van der Waals surface area contributed by atoms with Gasteiger partial charge in [-0.05, 0) is 56.4 Å². The highest BCUT2D eigenvalue weighted by Gasteiger charge is 2.19. The highest BCUT2D eigenvalue weighted by molar-refractivity contribution is 7.80. The molecule has 1 aliphatic rings. The number of thiol groups is 1. The average molecular weight is 403 g/mol. The van der Waals surface area contributed by atoms with Gasteiger partial charge in [-0.15, -0.1) is 24.0 Å². The van der Waals surface area contributed by atoms with E-state index < -0.39 is 0 Å². The Bertz CT molecular complexity index is 943. The van der Waals surface area contributed by atoms with Crippen LogP contribution in [-0.2, 0) is 22.4 Å². The van der Waals surface area contributed by atoms with Crippen LogP contribution in [0.1, 0.15) is 30.2 Å². The SMILES string of the molecule is CCOC=O.Nc1ccc(Nc2ncnc3sc4c(c23)CCCC4)cc1S. The molecule has 6 nitrogen and oxygen atoms in total. The van der Waals surface area contributed by atoms with Crippen LogP contribution in [0.25, 0.3) is 10.2 Å². The van der Waals surface area contributed by atoms with Crippen molar-refractivity contribution in [2.24, 2.45) is 0 Å². The second-order valence-electron chi connectivity index (χ2n) is 6.06. The van der Waals surface area contributed by atoms with Crippen molar-refractivity contribution in [2.45, 2.75) is 37.5 Å². The molecular weight excluding hydrogens is 380 g/mol. The fourth-order valence-electron chi connectivity index (χ4n) is 3.01. The number of benzene rings is 1. The van der Waals surface area contributed by atoms with E-state index in [0.717, 1.165) is 27.7 Å². The molecule has 27 heavy (non-hydrogen) atoms. The van der Waals surface area contributed by atoms with Gasteiger partial charge in [-0.3, -0.25) is 4.79 Å². The van der Waals surface area contributed by atoms with Crippen molar-refractivity contribution in [2.75, 3.05) is 17.7 Å². The maximum absolute atomic E-state index is 9.18. The van der Waals surface area contributed by atoms with Crippen LogP contribution in [-0.4, -0.2) is 23.0 Å². The Hall–Kier alpha value is -2.32. The molecule has 0 unspecified atom stereocenters. The molecule has 8 heteroatoms. The van der Waals surface area contributed by atoms with Gasteiger partial charge in [0.2, 0.25) is 0 Å². The summed E-state index contributed by atoms with van der Waals surface area (Å²) in [4.78, 5) is 21.4. The molecule has 0 amide bonds. The average Bonchev–Trinajstić information content (AvgIpc) is 3.05. The van der Waals surface area contributed by atoms with Gasteiger partial charge in [0.15, 0.2) is 0 Å². The predicted molar refractivity (Wildman–Crippen MR) is 113 cm³/mol. The van der Waals surface area contributed by atoms with Crippen molar-refractivity contribution in [3.8, 4) is 0 Å². The summed E-state index contributed by atoms with van der Waals surface area (Å²) in [7, 11) is 0. The molecule has 0 saturated carbocycles. The first kappa shape index (κ1) is 19.4. The van der Waals surface area contributed by atoms with Crippen LogP contribution in [0, 0.1) is 0 Å². The molecule has 2 heterocycles. The van der Waals surface area contributed by atoms with Crippen LogP contribution < -0.4 is 11.1 Å². The van der Waals surface area contributed by atoms with E-state index in [1.807, 2.05) is 18.2 Å². The van der Waals surface area contributed by atoms with Crippen molar-refractivity contribution < 1.29 is 9.53 Å². The molecule has 0 atom stereocenters. The summed E-state index contributed by atoms with van der Waals surface area (Å²) in [6.45, 7) is 2.66. The third-order valence-corrected chi connectivity index (χ3v) is 5.87. The first-order valence-electron chi connectivity index (χ1n) is 8.80. The molecule has 0 bridgehead atoms. The standard InChI is InChI=1S/C16H16N4S2.C3H6O2/c17-11-6-5-9(7-12(11)21)20-15-14-10-3-1-2-4-13(10)22-16(14)19-8-18-15;1-2-5-3-4/h5-8,21H,1-4,17H2,(H,18,19,20);3H,2H2,1H3. The van der Waals surface area contributed by atoms with E-state index in [0.29, 0.717) is 18.8 Å². The van der Waals surface area contributed by atoms with Gasteiger partial charge in [0.25, 0.3) is 6.47 Å². The van der Waals surface area contributed by atoms with Gasteiger partial charge >= 0.3 is 0 Å². The minimum absolute atomic E-state index is 0.431. The number of aryl methyl sites for hydroxylation is 2. The number of hydrogen-bond acceptors (Lipinski definition) is 8. The molecule has 3 aromatic rings. The van der Waals surface area contributed by atoms with E-state index in [-0.39, 0.29) is 0 Å². The fourth-order valence-corrected chi connectivity index (χ4v) is 4.45. The quantitative estimate of drug-likeness (QED) is 0.341. The van der Waals surface area contributed by atoms with E-state index in [1.54, 1.807) is 24.6 Å². The number of thiophene rings is 1. The molecule has 0 aliphatic heterocycles. The van der Waals surface area contributed by atoms with Gasteiger partial charge in [-0.2, -0.15) is 0 Å². The van der Waals surface area contributed by atoms with Crippen molar-refractivity contribution >= 4 is 57.8 Å². The Morgan fingerprint density at radius 3 is 2.85 bits per heavy atom. The Kier molecular flexibility index (Phi) is 6.52. The molecule has 1 aliphatic carbocycles. The maximum atomic E-state index is 9.18. The Morgan fingerprint density at radius 1 is 1.33 bits per heavy atom. The Balaban J connectivity index is 0.000000376. The lowest BCUT2D eigenvalue weighted by Crippen LogP contribution is -2.01. The maximum Gasteiger partial charge on any atom is 0.293 e. The minimum atomic E-state index is 0.431. The summed E-state index contributed by atoms with van der Waals surface area (Å²) in [5, 5.41) is 4.58. The molecule has 3 N–H and O–H groups in total. The number of carbonyl (C=O) groups is 1. The van der Waals surface area contributed by atoms with Crippen LogP contribution in [0.15, 0.2) is 29.4 Å². The first-order valence-corrected chi connectivity index (χ1v) is 10.1. The fraction of sp³-hybridized carbons (Fsp3) is 0.316. The number of fused-ring (bicyclic) bond motifs is 3. The van der Waals surface area contributed by atoms with Gasteiger partial charge in [0.05, 0.1) is 12.0 Å². The predicted octanol–water partition coefficient (Wildman–Crippen LogP) is 4.36. The normalized spacial score (nSPS) is 12.7. The van der Waals surface area contributed by atoms with Crippen LogP contribution in [0.5, 0.6) is 0 Å².